The molecule has 0 radical (unpaired) electrons. The third-order valence-electron chi connectivity index (χ3n) is 3.83. The van der Waals surface area contributed by atoms with Gasteiger partial charge in [0.05, 0.1) is 11.9 Å². The van der Waals surface area contributed by atoms with Gasteiger partial charge in [-0.2, -0.15) is 5.10 Å². The molecule has 8 heteroatoms. The Kier molecular flexibility index (Phi) is 5.44. The minimum absolute atomic E-state index is 0.0856. The van der Waals surface area contributed by atoms with Crippen molar-refractivity contribution in [3.05, 3.63) is 65.5 Å². The first-order valence-corrected chi connectivity index (χ1v) is 8.62. The van der Waals surface area contributed by atoms with E-state index in [2.05, 4.69) is 34.2 Å². The molecule has 0 saturated carbocycles. The van der Waals surface area contributed by atoms with Gasteiger partial charge in [-0.25, -0.2) is 19.0 Å². The smallest absolute Gasteiger partial charge is 0.270 e. The second kappa shape index (κ2) is 7.94. The lowest BCUT2D eigenvalue weighted by Crippen LogP contribution is -2.24. The summed E-state index contributed by atoms with van der Waals surface area (Å²) in [5.74, 6) is -0.155. The number of halogens is 1. The van der Waals surface area contributed by atoms with Crippen molar-refractivity contribution in [2.24, 2.45) is 5.92 Å². The van der Waals surface area contributed by atoms with Gasteiger partial charge in [0.15, 0.2) is 0 Å². The first-order chi connectivity index (χ1) is 12.9. The van der Waals surface area contributed by atoms with Crippen LogP contribution in [-0.4, -0.2) is 25.7 Å². The summed E-state index contributed by atoms with van der Waals surface area (Å²) in [4.78, 5) is 20.6. The van der Waals surface area contributed by atoms with Crippen LogP contribution in [0.15, 0.2) is 42.7 Å². The van der Waals surface area contributed by atoms with Crippen LogP contribution in [0.3, 0.4) is 0 Å². The van der Waals surface area contributed by atoms with Crippen molar-refractivity contribution in [2.75, 3.05) is 5.73 Å². The summed E-state index contributed by atoms with van der Waals surface area (Å²) in [5, 5.41) is 7.02. The Morgan fingerprint density at radius 2 is 2.00 bits per heavy atom. The number of hydrogen-bond acceptors (Lipinski definition) is 5. The van der Waals surface area contributed by atoms with Gasteiger partial charge < -0.3 is 11.1 Å². The number of anilines is 1. The van der Waals surface area contributed by atoms with Crippen LogP contribution in [0.25, 0.3) is 5.69 Å². The Bertz CT molecular complexity index is 936. The fraction of sp³-hybridized carbons (Fsp3) is 0.263. The van der Waals surface area contributed by atoms with Crippen LogP contribution in [0.5, 0.6) is 0 Å². The maximum absolute atomic E-state index is 13.0. The van der Waals surface area contributed by atoms with Crippen LogP contribution in [0.4, 0.5) is 10.3 Å². The maximum Gasteiger partial charge on any atom is 0.270 e. The molecule has 2 heterocycles. The number of nitrogen functional groups attached to an aromatic ring is 1. The van der Waals surface area contributed by atoms with Gasteiger partial charge in [-0.15, -0.1) is 0 Å². The van der Waals surface area contributed by atoms with Crippen LogP contribution < -0.4 is 11.1 Å². The lowest BCUT2D eigenvalue weighted by molar-refractivity contribution is 0.0945. The fourth-order valence-corrected chi connectivity index (χ4v) is 2.62. The molecule has 27 heavy (non-hydrogen) atoms. The number of rotatable bonds is 6. The van der Waals surface area contributed by atoms with Gasteiger partial charge in [0.25, 0.3) is 5.91 Å². The van der Waals surface area contributed by atoms with Crippen molar-refractivity contribution >= 4 is 11.9 Å². The molecule has 0 fully saturated rings. The first-order valence-electron chi connectivity index (χ1n) is 8.62. The van der Waals surface area contributed by atoms with E-state index in [0.717, 1.165) is 23.4 Å². The van der Waals surface area contributed by atoms with Crippen molar-refractivity contribution in [3.63, 3.8) is 0 Å². The van der Waals surface area contributed by atoms with Crippen molar-refractivity contribution < 1.29 is 9.18 Å². The lowest BCUT2D eigenvalue weighted by atomic mass is 10.1. The highest BCUT2D eigenvalue weighted by Gasteiger charge is 2.12. The number of amides is 1. The molecular formula is C19H21FN6O. The highest BCUT2D eigenvalue weighted by molar-refractivity contribution is 5.92. The van der Waals surface area contributed by atoms with Gasteiger partial charge in [0, 0.05) is 24.0 Å². The van der Waals surface area contributed by atoms with E-state index < -0.39 is 0 Å². The first kappa shape index (κ1) is 18.5. The van der Waals surface area contributed by atoms with E-state index in [0.29, 0.717) is 5.92 Å². The molecule has 3 N–H and O–H groups in total. The number of aromatic nitrogens is 4. The predicted molar refractivity (Wildman–Crippen MR) is 99.7 cm³/mol. The predicted octanol–water partition coefficient (Wildman–Crippen LogP) is 2.51. The number of hydrogen-bond donors (Lipinski definition) is 2. The zero-order valence-electron chi connectivity index (χ0n) is 15.2. The molecule has 3 aromatic rings. The summed E-state index contributed by atoms with van der Waals surface area (Å²) < 4.78 is 14.6. The van der Waals surface area contributed by atoms with Gasteiger partial charge in [0.2, 0.25) is 5.95 Å². The van der Waals surface area contributed by atoms with Crippen LogP contribution in [0, 0.1) is 11.7 Å². The molecular weight excluding hydrogens is 347 g/mol. The average Bonchev–Trinajstić information content (AvgIpc) is 3.08. The van der Waals surface area contributed by atoms with E-state index in [1.807, 2.05) is 0 Å². The second-order valence-corrected chi connectivity index (χ2v) is 6.65. The zero-order valence-corrected chi connectivity index (χ0v) is 15.2. The van der Waals surface area contributed by atoms with E-state index in [-0.39, 0.29) is 29.9 Å². The molecule has 0 aliphatic rings. The minimum atomic E-state index is -0.330. The van der Waals surface area contributed by atoms with E-state index in [1.165, 1.54) is 12.1 Å². The third kappa shape index (κ3) is 4.87. The van der Waals surface area contributed by atoms with Crippen LogP contribution in [0.1, 0.15) is 35.6 Å². The van der Waals surface area contributed by atoms with E-state index in [4.69, 9.17) is 5.73 Å². The molecule has 0 aliphatic carbocycles. The Balaban J connectivity index is 1.66. The number of nitrogens with two attached hydrogens (primary N) is 1. The van der Waals surface area contributed by atoms with Gasteiger partial charge in [-0.05, 0) is 42.7 Å². The molecule has 0 spiro atoms. The number of benzene rings is 1. The summed E-state index contributed by atoms with van der Waals surface area (Å²) in [7, 11) is 0. The van der Waals surface area contributed by atoms with Crippen LogP contribution in [0.2, 0.25) is 0 Å². The summed E-state index contributed by atoms with van der Waals surface area (Å²) in [6.07, 6.45) is 4.13. The number of nitrogens with zero attached hydrogens (tertiary/aromatic N) is 4. The third-order valence-corrected chi connectivity index (χ3v) is 3.83. The Labute approximate surface area is 156 Å². The fourth-order valence-electron chi connectivity index (χ4n) is 2.62. The molecule has 2 aromatic heterocycles. The van der Waals surface area contributed by atoms with Crippen molar-refractivity contribution in [1.29, 1.82) is 0 Å². The Hall–Kier alpha value is -3.29. The van der Waals surface area contributed by atoms with Crippen LogP contribution in [-0.2, 0) is 13.0 Å². The van der Waals surface area contributed by atoms with E-state index >= 15 is 0 Å². The summed E-state index contributed by atoms with van der Waals surface area (Å²) >= 11 is 0. The van der Waals surface area contributed by atoms with Gasteiger partial charge in [0.1, 0.15) is 11.5 Å². The van der Waals surface area contributed by atoms with E-state index in [1.54, 1.807) is 35.3 Å². The SMILES string of the molecule is CC(C)Cc1cc(C(=O)NCc2cnn(-c3ccc(F)cc3)c2)nc(N)n1. The molecule has 0 saturated heterocycles. The molecule has 0 unspecified atom stereocenters. The number of carbonyl (C=O) groups is 1. The largest absolute Gasteiger partial charge is 0.368 e. The molecule has 140 valence electrons. The quantitative estimate of drug-likeness (QED) is 0.696. The van der Waals surface area contributed by atoms with Crippen LogP contribution >= 0.6 is 0 Å². The Morgan fingerprint density at radius 3 is 2.70 bits per heavy atom. The molecule has 0 atom stereocenters. The summed E-state index contributed by atoms with van der Waals surface area (Å²) in [6, 6.07) is 7.66. The Morgan fingerprint density at radius 1 is 1.26 bits per heavy atom. The molecule has 0 aliphatic heterocycles. The summed E-state index contributed by atoms with van der Waals surface area (Å²) in [5.41, 5.74) is 8.23. The standard InChI is InChI=1S/C19H21FN6O/c1-12(2)7-15-8-17(25-19(21)24-15)18(27)22-9-13-10-23-26(11-13)16-5-3-14(20)4-6-16/h3-6,8,10-12H,7,9H2,1-2H3,(H,22,27)(H2,21,24,25). The molecule has 0 bridgehead atoms. The number of carbonyl (C=O) groups excluding carboxylic acids is 1. The molecule has 3 rings (SSSR count). The van der Waals surface area contributed by atoms with Crippen molar-refractivity contribution in [3.8, 4) is 5.69 Å². The highest BCUT2D eigenvalue weighted by Crippen LogP contribution is 2.11. The lowest BCUT2D eigenvalue weighted by Gasteiger charge is -2.08. The summed E-state index contributed by atoms with van der Waals surface area (Å²) in [6.45, 7) is 4.41. The second-order valence-electron chi connectivity index (χ2n) is 6.65. The van der Waals surface area contributed by atoms with Gasteiger partial charge in [-0.1, -0.05) is 13.8 Å². The topological polar surface area (TPSA) is 98.7 Å². The van der Waals surface area contributed by atoms with Gasteiger partial charge in [-0.3, -0.25) is 4.79 Å². The van der Waals surface area contributed by atoms with E-state index in [9.17, 15) is 9.18 Å². The molecule has 7 nitrogen and oxygen atoms in total. The van der Waals surface area contributed by atoms with Gasteiger partial charge >= 0.3 is 0 Å². The molecule has 1 amide bonds. The van der Waals surface area contributed by atoms with Crippen molar-refractivity contribution in [2.45, 2.75) is 26.8 Å². The van der Waals surface area contributed by atoms with Crippen molar-refractivity contribution in [1.82, 2.24) is 25.1 Å². The normalized spacial score (nSPS) is 11.0. The molecule has 1 aromatic carbocycles. The maximum atomic E-state index is 13.0. The minimum Gasteiger partial charge on any atom is -0.368 e. The highest BCUT2D eigenvalue weighted by atomic mass is 19.1. The average molecular weight is 368 g/mol. The number of nitrogens with one attached hydrogen (secondary N) is 1. The zero-order chi connectivity index (χ0) is 19.4. The monoisotopic (exact) mass is 368 g/mol.